The van der Waals surface area contributed by atoms with Crippen LogP contribution in [0, 0.1) is 5.39 Å². The van der Waals surface area contributed by atoms with Crippen molar-refractivity contribution in [1.29, 1.82) is 5.39 Å². The lowest BCUT2D eigenvalue weighted by atomic mass is 10.1. The third kappa shape index (κ3) is 3.59. The van der Waals surface area contributed by atoms with Gasteiger partial charge in [0.1, 0.15) is 23.9 Å². The van der Waals surface area contributed by atoms with Crippen LogP contribution in [0.15, 0.2) is 65.6 Å². The molecule has 0 aromatic heterocycles. The predicted molar refractivity (Wildman–Crippen MR) is 93.2 cm³/mol. The summed E-state index contributed by atoms with van der Waals surface area (Å²) < 4.78 is 35.5. The summed E-state index contributed by atoms with van der Waals surface area (Å²) in [5, 5.41) is 21.5. The normalized spacial score (nSPS) is 11.2. The molecule has 7 nitrogen and oxygen atoms in total. The third-order valence-corrected chi connectivity index (χ3v) is 5.00. The molecule has 0 spiro atoms. The molecule has 132 valence electrons. The zero-order chi connectivity index (χ0) is 18.6. The van der Waals surface area contributed by atoms with Gasteiger partial charge in [0.25, 0.3) is 10.1 Å². The molecule has 0 unspecified atom stereocenters. The largest absolute Gasteiger partial charge is 0.867 e. The Labute approximate surface area is 150 Å². The molecule has 0 aliphatic rings. The maximum atomic E-state index is 12.5. The topological polar surface area (TPSA) is 104 Å². The standard InChI is InChI=1S/C18H14N2O5S/c19-20-16-12-17(14-8-4-5-9-15(14)18(16)21)26(22,23)25-11-10-24-13-6-2-1-3-7-13/h1-9,12H,10-11H2. The number of hydrogen-bond acceptors (Lipinski definition) is 6. The van der Waals surface area contributed by atoms with Crippen LogP contribution in [0.4, 0.5) is 5.69 Å². The minimum atomic E-state index is -4.18. The van der Waals surface area contributed by atoms with Gasteiger partial charge in [-0.15, -0.1) is 0 Å². The van der Waals surface area contributed by atoms with Crippen LogP contribution in [-0.4, -0.2) is 21.6 Å². The van der Waals surface area contributed by atoms with Crippen molar-refractivity contribution in [3.8, 4) is 11.5 Å². The molecule has 0 radical (unpaired) electrons. The van der Waals surface area contributed by atoms with Crippen molar-refractivity contribution in [2.24, 2.45) is 0 Å². The molecule has 0 N–H and O–H groups in total. The van der Waals surface area contributed by atoms with E-state index >= 15 is 0 Å². The van der Waals surface area contributed by atoms with E-state index in [0.717, 1.165) is 6.07 Å². The molecule has 3 aromatic carbocycles. The van der Waals surface area contributed by atoms with Gasteiger partial charge in [-0.3, -0.25) is 4.18 Å². The first kappa shape index (κ1) is 17.7. The molecule has 0 bridgehead atoms. The molecule has 8 heteroatoms. The van der Waals surface area contributed by atoms with Crippen LogP contribution in [0.5, 0.6) is 11.5 Å². The van der Waals surface area contributed by atoms with Crippen molar-refractivity contribution in [2.45, 2.75) is 4.90 Å². The van der Waals surface area contributed by atoms with Gasteiger partial charge in [0.15, 0.2) is 4.98 Å². The Balaban J connectivity index is 1.83. The lowest BCUT2D eigenvalue weighted by Gasteiger charge is -2.12. The van der Waals surface area contributed by atoms with E-state index in [1.54, 1.807) is 36.4 Å². The van der Waals surface area contributed by atoms with E-state index in [1.807, 2.05) is 6.07 Å². The van der Waals surface area contributed by atoms with E-state index in [1.165, 1.54) is 12.1 Å². The Morgan fingerprint density at radius 1 is 0.962 bits per heavy atom. The van der Waals surface area contributed by atoms with Gasteiger partial charge in [0.05, 0.1) is 6.07 Å². The Kier molecular flexibility index (Phi) is 5.02. The van der Waals surface area contributed by atoms with Crippen LogP contribution >= 0.6 is 0 Å². The smallest absolute Gasteiger partial charge is 0.379 e. The molecule has 3 rings (SSSR count). The monoisotopic (exact) mass is 370 g/mol. The third-order valence-electron chi connectivity index (χ3n) is 3.65. The van der Waals surface area contributed by atoms with Crippen molar-refractivity contribution in [2.75, 3.05) is 13.2 Å². The molecule has 0 atom stereocenters. The molecular weight excluding hydrogens is 356 g/mol. The summed E-state index contributed by atoms with van der Waals surface area (Å²) in [7, 11) is -4.18. The molecular formula is C18H14N2O5S. The van der Waals surface area contributed by atoms with E-state index in [2.05, 4.69) is 4.98 Å². The summed E-state index contributed by atoms with van der Waals surface area (Å²) in [4.78, 5) is 2.64. The molecule has 0 aliphatic carbocycles. The minimum Gasteiger partial charge on any atom is -0.867 e. The maximum absolute atomic E-state index is 12.5. The van der Waals surface area contributed by atoms with Crippen molar-refractivity contribution in [1.82, 2.24) is 0 Å². The average Bonchev–Trinajstić information content (AvgIpc) is 2.66. The Morgan fingerprint density at radius 3 is 2.31 bits per heavy atom. The lowest BCUT2D eigenvalue weighted by Crippen LogP contribution is -2.13. The minimum absolute atomic E-state index is 0.0258. The van der Waals surface area contributed by atoms with E-state index in [0.29, 0.717) is 5.75 Å². The van der Waals surface area contributed by atoms with Crippen LogP contribution in [0.3, 0.4) is 0 Å². The molecule has 0 amide bonds. The van der Waals surface area contributed by atoms with Crippen molar-refractivity contribution in [3.63, 3.8) is 0 Å². The Bertz CT molecular complexity index is 1080. The summed E-state index contributed by atoms with van der Waals surface area (Å²) >= 11 is 0. The number of ether oxygens (including phenoxy) is 1. The maximum Gasteiger partial charge on any atom is 0.379 e. The predicted octanol–water partition coefficient (Wildman–Crippen LogP) is 3.18. The fraction of sp³-hybridized carbons (Fsp3) is 0.111. The van der Waals surface area contributed by atoms with Gasteiger partial charge in [0, 0.05) is 5.39 Å². The first-order chi connectivity index (χ1) is 12.5. The van der Waals surface area contributed by atoms with Crippen LogP contribution in [0.2, 0.25) is 0 Å². The molecule has 26 heavy (non-hydrogen) atoms. The number of hydrogen-bond donors (Lipinski definition) is 0. The molecule has 0 saturated carbocycles. The number of nitrogens with zero attached hydrogens (tertiary/aromatic N) is 2. The number of para-hydroxylation sites is 1. The summed E-state index contributed by atoms with van der Waals surface area (Å²) in [6, 6.07) is 16.1. The first-order valence-electron chi connectivity index (χ1n) is 7.68. The van der Waals surface area contributed by atoms with Crippen molar-refractivity contribution < 1.29 is 22.4 Å². The quantitative estimate of drug-likeness (QED) is 0.375. The zero-order valence-corrected chi connectivity index (χ0v) is 14.3. The molecule has 0 aliphatic heterocycles. The van der Waals surface area contributed by atoms with E-state index in [9.17, 15) is 13.5 Å². The fourth-order valence-electron chi connectivity index (χ4n) is 2.47. The summed E-state index contributed by atoms with van der Waals surface area (Å²) in [5.74, 6) is 0.0329. The summed E-state index contributed by atoms with van der Waals surface area (Å²) in [5.41, 5.74) is -0.369. The fourth-order valence-corrected chi connectivity index (χ4v) is 3.58. The second kappa shape index (κ2) is 7.39. The number of fused-ring (bicyclic) bond motifs is 1. The van der Waals surface area contributed by atoms with Crippen LogP contribution in [0.25, 0.3) is 15.7 Å². The molecule has 3 aromatic rings. The van der Waals surface area contributed by atoms with Gasteiger partial charge in [-0.25, -0.2) is 0 Å². The van der Waals surface area contributed by atoms with Gasteiger partial charge < -0.3 is 9.84 Å². The van der Waals surface area contributed by atoms with Gasteiger partial charge >= 0.3 is 5.69 Å². The van der Waals surface area contributed by atoms with Crippen LogP contribution in [-0.2, 0) is 14.3 Å². The van der Waals surface area contributed by atoms with E-state index in [-0.39, 0.29) is 34.6 Å². The van der Waals surface area contributed by atoms with Gasteiger partial charge in [0.2, 0.25) is 5.39 Å². The Morgan fingerprint density at radius 2 is 1.62 bits per heavy atom. The molecule has 0 heterocycles. The zero-order valence-electron chi connectivity index (χ0n) is 13.5. The number of benzene rings is 3. The molecule has 0 fully saturated rings. The lowest BCUT2D eigenvalue weighted by molar-refractivity contribution is -0.264. The van der Waals surface area contributed by atoms with Gasteiger partial charge in [-0.1, -0.05) is 42.5 Å². The van der Waals surface area contributed by atoms with Gasteiger partial charge in [-0.2, -0.15) is 8.42 Å². The second-order valence-electron chi connectivity index (χ2n) is 5.31. The first-order valence-corrected chi connectivity index (χ1v) is 9.09. The average molecular weight is 370 g/mol. The number of diazo groups is 1. The Hall–Kier alpha value is -3.15. The summed E-state index contributed by atoms with van der Waals surface area (Å²) in [6.07, 6.45) is 0. The highest BCUT2D eigenvalue weighted by atomic mass is 32.2. The van der Waals surface area contributed by atoms with Crippen LogP contribution in [0.1, 0.15) is 0 Å². The van der Waals surface area contributed by atoms with Crippen molar-refractivity contribution in [3.05, 3.63) is 65.6 Å². The van der Waals surface area contributed by atoms with Crippen LogP contribution < -0.4 is 9.84 Å². The summed E-state index contributed by atoms with van der Waals surface area (Å²) in [6.45, 7) is -0.186. The highest BCUT2D eigenvalue weighted by molar-refractivity contribution is 7.87. The highest BCUT2D eigenvalue weighted by Crippen LogP contribution is 2.37. The SMILES string of the molecule is N#[N+]c1cc(S(=O)(=O)OCCOc2ccccc2)c2ccccc2c1[O-]. The van der Waals surface area contributed by atoms with Crippen molar-refractivity contribution >= 4 is 26.6 Å². The van der Waals surface area contributed by atoms with E-state index in [4.69, 9.17) is 14.3 Å². The highest BCUT2D eigenvalue weighted by Gasteiger charge is 2.24. The second-order valence-corrected chi connectivity index (χ2v) is 6.89. The molecule has 0 saturated heterocycles. The van der Waals surface area contributed by atoms with E-state index < -0.39 is 15.9 Å². The number of rotatable bonds is 6. The van der Waals surface area contributed by atoms with Gasteiger partial charge in [-0.05, 0) is 23.3 Å².